The van der Waals surface area contributed by atoms with Gasteiger partial charge in [0.15, 0.2) is 5.72 Å². The summed E-state index contributed by atoms with van der Waals surface area (Å²) < 4.78 is 5.00. The molecule has 72 valence electrons. The Labute approximate surface area is 75.5 Å². The predicted molar refractivity (Wildman–Crippen MR) is 41.1 cm³/mol. The van der Waals surface area contributed by atoms with Crippen molar-refractivity contribution in [2.24, 2.45) is 0 Å². The fraction of sp³-hybridized carbons (Fsp3) is 0.750. The first kappa shape index (κ1) is 8.50. The fourth-order valence-corrected chi connectivity index (χ4v) is 1.69. The molecule has 2 saturated heterocycles. The summed E-state index contributed by atoms with van der Waals surface area (Å²) in [5.41, 5.74) is -0.733. The van der Waals surface area contributed by atoms with Gasteiger partial charge in [0.2, 0.25) is 0 Å². The molecular weight excluding hydrogens is 174 g/mol. The predicted octanol–water partition coefficient (Wildman–Crippen LogP) is 0.204. The fourth-order valence-electron chi connectivity index (χ4n) is 1.69. The molecule has 0 aromatic heterocycles. The molecule has 0 amide bonds. The standard InChI is InChI=1S/C8H11NO4/c1-8-4-2-3-5-9(8)13-7(11)6(10)12-8/h2-5H2,1H3. The van der Waals surface area contributed by atoms with Gasteiger partial charge >= 0.3 is 11.9 Å². The van der Waals surface area contributed by atoms with Crippen molar-refractivity contribution in [3.8, 4) is 0 Å². The number of carbonyl (C=O) groups is 2. The zero-order chi connectivity index (χ0) is 9.47. The van der Waals surface area contributed by atoms with Crippen LogP contribution in [0.4, 0.5) is 0 Å². The third-order valence-corrected chi connectivity index (χ3v) is 2.45. The number of nitrogens with zero attached hydrogens (tertiary/aromatic N) is 1. The van der Waals surface area contributed by atoms with Crippen LogP contribution in [0, 0.1) is 0 Å². The SMILES string of the molecule is CC12CCCCN1OC(=O)C(=O)O2. The van der Waals surface area contributed by atoms with Crippen LogP contribution >= 0.6 is 0 Å². The average Bonchev–Trinajstić information content (AvgIpc) is 2.07. The number of hydrogen-bond donors (Lipinski definition) is 0. The molecule has 5 heteroatoms. The van der Waals surface area contributed by atoms with Crippen LogP contribution in [0.2, 0.25) is 0 Å². The molecule has 0 bridgehead atoms. The molecule has 2 aliphatic rings. The first-order chi connectivity index (χ1) is 6.12. The Morgan fingerprint density at radius 2 is 2.08 bits per heavy atom. The lowest BCUT2D eigenvalue weighted by molar-refractivity contribution is -0.311. The Kier molecular flexibility index (Phi) is 1.76. The summed E-state index contributed by atoms with van der Waals surface area (Å²) in [7, 11) is 0. The van der Waals surface area contributed by atoms with E-state index in [2.05, 4.69) is 0 Å². The van der Waals surface area contributed by atoms with Crippen LogP contribution in [0.3, 0.4) is 0 Å². The number of carbonyl (C=O) groups excluding carboxylic acids is 2. The van der Waals surface area contributed by atoms with Crippen molar-refractivity contribution >= 4 is 11.9 Å². The zero-order valence-corrected chi connectivity index (χ0v) is 7.41. The van der Waals surface area contributed by atoms with Crippen LogP contribution in [-0.4, -0.2) is 29.3 Å². The Hall–Kier alpha value is -1.10. The van der Waals surface area contributed by atoms with E-state index >= 15 is 0 Å². The molecule has 13 heavy (non-hydrogen) atoms. The van der Waals surface area contributed by atoms with E-state index in [1.54, 1.807) is 6.92 Å². The molecule has 1 atom stereocenters. The summed E-state index contributed by atoms with van der Waals surface area (Å²) in [5, 5.41) is 1.46. The summed E-state index contributed by atoms with van der Waals surface area (Å²) >= 11 is 0. The first-order valence-electron chi connectivity index (χ1n) is 4.35. The topological polar surface area (TPSA) is 55.8 Å². The summed E-state index contributed by atoms with van der Waals surface area (Å²) in [4.78, 5) is 26.6. The molecule has 2 rings (SSSR count). The van der Waals surface area contributed by atoms with Gasteiger partial charge in [-0.1, -0.05) is 5.06 Å². The molecule has 0 saturated carbocycles. The summed E-state index contributed by atoms with van der Waals surface area (Å²) in [6.07, 6.45) is 2.66. The van der Waals surface area contributed by atoms with Gasteiger partial charge in [0.25, 0.3) is 0 Å². The van der Waals surface area contributed by atoms with Crippen molar-refractivity contribution in [1.29, 1.82) is 0 Å². The lowest BCUT2D eigenvalue weighted by Gasteiger charge is -2.43. The Balaban J connectivity index is 2.19. The van der Waals surface area contributed by atoms with Crippen molar-refractivity contribution in [2.45, 2.75) is 31.9 Å². The van der Waals surface area contributed by atoms with Gasteiger partial charge in [-0.05, 0) is 19.8 Å². The maximum Gasteiger partial charge on any atom is 0.436 e. The molecule has 2 aliphatic heterocycles. The van der Waals surface area contributed by atoms with Crippen LogP contribution in [0.25, 0.3) is 0 Å². The van der Waals surface area contributed by atoms with Crippen molar-refractivity contribution < 1.29 is 19.2 Å². The molecule has 2 fully saturated rings. The largest absolute Gasteiger partial charge is 0.436 e. The highest BCUT2D eigenvalue weighted by Crippen LogP contribution is 2.32. The summed E-state index contributed by atoms with van der Waals surface area (Å²) in [6.45, 7) is 2.39. The van der Waals surface area contributed by atoms with Gasteiger partial charge in [-0.2, -0.15) is 0 Å². The highest BCUT2D eigenvalue weighted by molar-refractivity contribution is 6.30. The second kappa shape index (κ2) is 2.70. The van der Waals surface area contributed by atoms with Gasteiger partial charge in [0, 0.05) is 13.0 Å². The van der Waals surface area contributed by atoms with Crippen LogP contribution < -0.4 is 0 Å². The molecule has 5 nitrogen and oxygen atoms in total. The number of piperidine rings is 1. The molecule has 2 heterocycles. The molecule has 1 unspecified atom stereocenters. The molecule has 0 radical (unpaired) electrons. The van der Waals surface area contributed by atoms with Crippen molar-refractivity contribution in [3.05, 3.63) is 0 Å². The highest BCUT2D eigenvalue weighted by atomic mass is 16.8. The van der Waals surface area contributed by atoms with Gasteiger partial charge in [0.1, 0.15) is 0 Å². The van der Waals surface area contributed by atoms with Crippen LogP contribution in [0.15, 0.2) is 0 Å². The van der Waals surface area contributed by atoms with Gasteiger partial charge < -0.3 is 9.57 Å². The molecular formula is C8H11NO4. The van der Waals surface area contributed by atoms with E-state index in [-0.39, 0.29) is 0 Å². The summed E-state index contributed by atoms with van der Waals surface area (Å²) in [5.74, 6) is -1.81. The maximum absolute atomic E-state index is 10.9. The number of hydrogen-bond acceptors (Lipinski definition) is 5. The van der Waals surface area contributed by atoms with Crippen molar-refractivity contribution in [1.82, 2.24) is 5.06 Å². The van der Waals surface area contributed by atoms with Crippen molar-refractivity contribution in [2.75, 3.05) is 6.54 Å². The number of fused-ring (bicyclic) bond motifs is 1. The second-order valence-electron chi connectivity index (χ2n) is 3.50. The van der Waals surface area contributed by atoms with E-state index < -0.39 is 17.7 Å². The van der Waals surface area contributed by atoms with E-state index in [1.807, 2.05) is 0 Å². The first-order valence-corrected chi connectivity index (χ1v) is 4.35. The minimum absolute atomic E-state index is 0.634. The smallest absolute Gasteiger partial charge is 0.432 e. The lowest BCUT2D eigenvalue weighted by atomic mass is 10.0. The number of esters is 1. The highest BCUT2D eigenvalue weighted by Gasteiger charge is 2.47. The summed E-state index contributed by atoms with van der Waals surface area (Å²) in [6, 6.07) is 0. The average molecular weight is 185 g/mol. The Morgan fingerprint density at radius 3 is 2.85 bits per heavy atom. The molecule has 0 aromatic carbocycles. The van der Waals surface area contributed by atoms with E-state index in [1.165, 1.54) is 5.06 Å². The van der Waals surface area contributed by atoms with Gasteiger partial charge in [0.05, 0.1) is 0 Å². The van der Waals surface area contributed by atoms with E-state index in [0.717, 1.165) is 12.8 Å². The third kappa shape index (κ3) is 1.29. The minimum atomic E-state index is -0.917. The molecule has 0 aliphatic carbocycles. The van der Waals surface area contributed by atoms with Gasteiger partial charge in [-0.15, -0.1) is 0 Å². The Morgan fingerprint density at radius 1 is 1.31 bits per heavy atom. The number of hydroxylamine groups is 2. The number of ether oxygens (including phenoxy) is 1. The van der Waals surface area contributed by atoms with Crippen LogP contribution in [-0.2, 0) is 19.2 Å². The second-order valence-corrected chi connectivity index (χ2v) is 3.50. The quantitative estimate of drug-likeness (QED) is 0.398. The van der Waals surface area contributed by atoms with Crippen molar-refractivity contribution in [3.63, 3.8) is 0 Å². The van der Waals surface area contributed by atoms with Gasteiger partial charge in [-0.3, -0.25) is 0 Å². The Bertz CT molecular complexity index is 265. The lowest BCUT2D eigenvalue weighted by Crippen LogP contribution is -2.58. The van der Waals surface area contributed by atoms with Gasteiger partial charge in [-0.25, -0.2) is 9.59 Å². The molecule has 0 aromatic rings. The molecule has 0 spiro atoms. The van der Waals surface area contributed by atoms with E-state index in [4.69, 9.17) is 9.57 Å². The normalized spacial score (nSPS) is 34.8. The monoisotopic (exact) mass is 185 g/mol. The maximum atomic E-state index is 10.9. The van der Waals surface area contributed by atoms with Crippen LogP contribution in [0.5, 0.6) is 0 Å². The third-order valence-electron chi connectivity index (χ3n) is 2.45. The zero-order valence-electron chi connectivity index (χ0n) is 7.41. The number of rotatable bonds is 0. The van der Waals surface area contributed by atoms with Crippen LogP contribution in [0.1, 0.15) is 26.2 Å². The minimum Gasteiger partial charge on any atom is -0.432 e. The molecule has 0 N–H and O–H groups in total. The van der Waals surface area contributed by atoms with E-state index in [0.29, 0.717) is 13.0 Å². The van der Waals surface area contributed by atoms with E-state index in [9.17, 15) is 9.59 Å².